The molecule has 2 aromatic heterocycles. The molecule has 0 unspecified atom stereocenters. The topological polar surface area (TPSA) is 61.0 Å². The predicted molar refractivity (Wildman–Crippen MR) is 125 cm³/mol. The Morgan fingerprint density at radius 2 is 2.00 bits per heavy atom. The summed E-state index contributed by atoms with van der Waals surface area (Å²) in [7, 11) is 0. The van der Waals surface area contributed by atoms with E-state index < -0.39 is 0 Å². The minimum atomic E-state index is 0.00902. The zero-order chi connectivity index (χ0) is 22.4. The Balaban J connectivity index is 1.38. The number of hydrogen-bond donors (Lipinski definition) is 0. The minimum Gasteiger partial charge on any atom is -0.467 e. The number of aromatic nitrogens is 3. The van der Waals surface area contributed by atoms with Crippen LogP contribution in [0.15, 0.2) is 59.7 Å². The monoisotopic (exact) mass is 462 g/mol. The molecule has 168 valence electrons. The van der Waals surface area contributed by atoms with Gasteiger partial charge in [-0.15, -0.1) is 0 Å². The lowest BCUT2D eigenvalue weighted by atomic mass is 10.0. The Hall–Kier alpha value is -3.13. The van der Waals surface area contributed by atoms with Crippen LogP contribution in [0.2, 0.25) is 5.02 Å². The van der Waals surface area contributed by atoms with E-state index in [1.165, 1.54) is 0 Å². The van der Waals surface area contributed by atoms with Gasteiger partial charge in [-0.2, -0.15) is 0 Å². The smallest absolute Gasteiger partial charge is 0.259 e. The fourth-order valence-corrected chi connectivity index (χ4v) is 5.09. The van der Waals surface area contributed by atoms with E-state index in [0.29, 0.717) is 25.5 Å². The van der Waals surface area contributed by atoms with E-state index in [9.17, 15) is 4.79 Å². The van der Waals surface area contributed by atoms with Crippen LogP contribution in [0.25, 0.3) is 5.78 Å². The fourth-order valence-electron chi connectivity index (χ4n) is 4.87. The standard InChI is InChI=1S/C25H23ClN4O3/c26-19-5-1-3-17(11-19)12-28-9-7-22-20(14-28)24(31)30(25-27-8-10-29(22)25)13-18-4-2-6-23-21(18)15-32-16-33-23/h1-6,8,10-11H,7,9,12-16H2. The van der Waals surface area contributed by atoms with Crippen molar-refractivity contribution < 1.29 is 9.47 Å². The lowest BCUT2D eigenvalue weighted by Gasteiger charge is -2.29. The van der Waals surface area contributed by atoms with Gasteiger partial charge >= 0.3 is 0 Å². The molecule has 0 amide bonds. The zero-order valence-corrected chi connectivity index (χ0v) is 18.8. The van der Waals surface area contributed by atoms with Gasteiger partial charge in [0.15, 0.2) is 6.79 Å². The third-order valence-corrected chi connectivity index (χ3v) is 6.68. The summed E-state index contributed by atoms with van der Waals surface area (Å²) in [6, 6.07) is 13.8. The Labute approximate surface area is 195 Å². The second-order valence-electron chi connectivity index (χ2n) is 8.51. The van der Waals surface area contributed by atoms with E-state index >= 15 is 0 Å². The molecule has 0 spiro atoms. The Kier molecular flexibility index (Phi) is 5.17. The third kappa shape index (κ3) is 3.72. The molecule has 2 aliphatic rings. The molecule has 33 heavy (non-hydrogen) atoms. The van der Waals surface area contributed by atoms with Crippen molar-refractivity contribution in [2.75, 3.05) is 13.3 Å². The van der Waals surface area contributed by atoms with Crippen molar-refractivity contribution in [3.8, 4) is 5.75 Å². The Morgan fingerprint density at radius 1 is 1.09 bits per heavy atom. The van der Waals surface area contributed by atoms with E-state index in [-0.39, 0.29) is 12.4 Å². The summed E-state index contributed by atoms with van der Waals surface area (Å²) in [5, 5.41) is 0.728. The number of hydrogen-bond acceptors (Lipinski definition) is 5. The molecule has 2 aromatic carbocycles. The van der Waals surface area contributed by atoms with E-state index in [2.05, 4.69) is 20.4 Å². The number of ether oxygens (including phenoxy) is 2. The van der Waals surface area contributed by atoms with Crippen LogP contribution in [0.5, 0.6) is 5.75 Å². The SMILES string of the molecule is O=c1c2c(n3ccnc3n1Cc1cccc3c1COCO3)CCN(Cc1cccc(Cl)c1)C2. The van der Waals surface area contributed by atoms with E-state index in [1.807, 2.05) is 42.6 Å². The van der Waals surface area contributed by atoms with Crippen molar-refractivity contribution in [1.29, 1.82) is 0 Å². The van der Waals surface area contributed by atoms with Crippen LogP contribution < -0.4 is 10.3 Å². The summed E-state index contributed by atoms with van der Waals surface area (Å²) in [6.07, 6.45) is 4.50. The highest BCUT2D eigenvalue weighted by atomic mass is 35.5. The number of imidazole rings is 1. The Morgan fingerprint density at radius 3 is 2.91 bits per heavy atom. The number of benzene rings is 2. The Bertz CT molecular complexity index is 1410. The van der Waals surface area contributed by atoms with Gasteiger partial charge in [0.2, 0.25) is 5.78 Å². The first-order valence-corrected chi connectivity index (χ1v) is 11.4. The molecule has 0 atom stereocenters. The summed E-state index contributed by atoms with van der Waals surface area (Å²) < 4.78 is 15.0. The van der Waals surface area contributed by atoms with Crippen LogP contribution in [-0.4, -0.2) is 32.2 Å². The van der Waals surface area contributed by atoms with Gasteiger partial charge in [0.25, 0.3) is 5.56 Å². The highest BCUT2D eigenvalue weighted by molar-refractivity contribution is 6.30. The van der Waals surface area contributed by atoms with Gasteiger partial charge in [-0.1, -0.05) is 35.9 Å². The first-order valence-electron chi connectivity index (χ1n) is 11.0. The summed E-state index contributed by atoms with van der Waals surface area (Å²) in [5.74, 6) is 1.48. The molecule has 2 aliphatic heterocycles. The molecule has 0 aliphatic carbocycles. The van der Waals surface area contributed by atoms with Crippen LogP contribution >= 0.6 is 11.6 Å². The van der Waals surface area contributed by atoms with Crippen molar-refractivity contribution in [3.05, 3.63) is 98.2 Å². The quantitative estimate of drug-likeness (QED) is 0.463. The van der Waals surface area contributed by atoms with E-state index in [1.54, 1.807) is 10.8 Å². The van der Waals surface area contributed by atoms with Crippen LogP contribution in [0.1, 0.15) is 27.9 Å². The molecule has 0 N–H and O–H groups in total. The molecule has 0 fully saturated rings. The second kappa shape index (κ2) is 8.33. The van der Waals surface area contributed by atoms with Crippen LogP contribution in [0.4, 0.5) is 0 Å². The molecular weight excluding hydrogens is 440 g/mol. The number of fused-ring (bicyclic) bond motifs is 4. The maximum absolute atomic E-state index is 13.7. The molecule has 0 bridgehead atoms. The van der Waals surface area contributed by atoms with Crippen molar-refractivity contribution in [1.82, 2.24) is 18.9 Å². The number of nitrogens with zero attached hydrogens (tertiary/aromatic N) is 4. The van der Waals surface area contributed by atoms with E-state index in [4.69, 9.17) is 21.1 Å². The van der Waals surface area contributed by atoms with Gasteiger partial charge in [-0.3, -0.25) is 18.7 Å². The zero-order valence-electron chi connectivity index (χ0n) is 18.0. The van der Waals surface area contributed by atoms with Gasteiger partial charge in [-0.25, -0.2) is 4.98 Å². The molecule has 8 heteroatoms. The van der Waals surface area contributed by atoms with Crippen molar-refractivity contribution in [2.45, 2.75) is 32.7 Å². The summed E-state index contributed by atoms with van der Waals surface area (Å²) >= 11 is 6.17. The first-order chi connectivity index (χ1) is 16.2. The molecule has 7 nitrogen and oxygen atoms in total. The van der Waals surface area contributed by atoms with Crippen LogP contribution in [0, 0.1) is 0 Å². The first kappa shape index (κ1) is 20.5. The maximum atomic E-state index is 13.7. The molecule has 4 aromatic rings. The molecule has 0 saturated carbocycles. The lowest BCUT2D eigenvalue weighted by molar-refractivity contribution is -0.0168. The average molecular weight is 463 g/mol. The second-order valence-corrected chi connectivity index (χ2v) is 8.95. The van der Waals surface area contributed by atoms with Crippen LogP contribution in [-0.2, 0) is 37.4 Å². The molecule has 6 rings (SSSR count). The minimum absolute atomic E-state index is 0.00902. The number of rotatable bonds is 4. The summed E-state index contributed by atoms with van der Waals surface area (Å²) in [4.78, 5) is 20.6. The van der Waals surface area contributed by atoms with Gasteiger partial charge < -0.3 is 9.47 Å². The molecule has 4 heterocycles. The fraction of sp³-hybridized carbons (Fsp3) is 0.280. The molecule has 0 radical (unpaired) electrons. The van der Waals surface area contributed by atoms with Gasteiger partial charge in [-0.05, 0) is 29.3 Å². The predicted octanol–water partition coefficient (Wildman–Crippen LogP) is 3.62. The molecular formula is C25H23ClN4O3. The summed E-state index contributed by atoms with van der Waals surface area (Å²) in [5.41, 5.74) is 5.02. The van der Waals surface area contributed by atoms with E-state index in [0.717, 1.165) is 58.2 Å². The third-order valence-electron chi connectivity index (χ3n) is 6.45. The lowest BCUT2D eigenvalue weighted by Crippen LogP contribution is -2.39. The normalized spacial score (nSPS) is 15.8. The van der Waals surface area contributed by atoms with Crippen molar-refractivity contribution in [2.24, 2.45) is 0 Å². The largest absolute Gasteiger partial charge is 0.467 e. The van der Waals surface area contributed by atoms with Crippen LogP contribution in [0.3, 0.4) is 0 Å². The highest BCUT2D eigenvalue weighted by Crippen LogP contribution is 2.28. The van der Waals surface area contributed by atoms with Crippen molar-refractivity contribution in [3.63, 3.8) is 0 Å². The highest BCUT2D eigenvalue weighted by Gasteiger charge is 2.25. The van der Waals surface area contributed by atoms with Gasteiger partial charge in [0.05, 0.1) is 18.7 Å². The van der Waals surface area contributed by atoms with Gasteiger partial charge in [0.1, 0.15) is 5.75 Å². The average Bonchev–Trinajstić information content (AvgIpc) is 3.32. The summed E-state index contributed by atoms with van der Waals surface area (Å²) in [6.45, 7) is 3.36. The molecule has 0 saturated heterocycles. The number of halogens is 1. The maximum Gasteiger partial charge on any atom is 0.259 e. The van der Waals surface area contributed by atoms with Gasteiger partial charge in [0, 0.05) is 54.7 Å². The van der Waals surface area contributed by atoms with Crippen molar-refractivity contribution >= 4 is 17.4 Å².